The number of nitrogens with two attached hydrogens (primary N) is 1. The van der Waals surface area contributed by atoms with Gasteiger partial charge in [0.2, 0.25) is 0 Å². The lowest BCUT2D eigenvalue weighted by molar-refractivity contribution is -0.138. The number of carboxylic acid groups (broad SMARTS) is 1. The first-order chi connectivity index (χ1) is 10.9. The molecule has 1 heterocycles. The quantitative estimate of drug-likeness (QED) is 0.573. The fraction of sp³-hybridized carbons (Fsp3) is 0.333. The lowest BCUT2D eigenvalue weighted by atomic mass is 10.0. The summed E-state index contributed by atoms with van der Waals surface area (Å²) >= 11 is 12.3. The lowest BCUT2D eigenvalue weighted by Crippen LogP contribution is -2.17. The third-order valence-electron chi connectivity index (χ3n) is 3.33. The molecule has 132 valence electrons. The molecule has 3 N–H and O–H groups in total. The van der Waals surface area contributed by atoms with Crippen LogP contribution in [0.15, 0.2) is 21.3 Å². The van der Waals surface area contributed by atoms with Crippen molar-refractivity contribution in [3.63, 3.8) is 0 Å². The van der Waals surface area contributed by atoms with Crippen molar-refractivity contribution < 1.29 is 19.1 Å². The minimum absolute atomic E-state index is 0. The first kappa shape index (κ1) is 20.6. The minimum Gasteiger partial charge on any atom is -0.490 e. The number of ether oxygens (including phenoxy) is 1. The highest BCUT2D eigenvalue weighted by Crippen LogP contribution is 2.39. The van der Waals surface area contributed by atoms with Crippen LogP contribution < -0.4 is 16.1 Å². The average Bonchev–Trinajstić information content (AvgIpc) is 2.50. The van der Waals surface area contributed by atoms with Gasteiger partial charge in [-0.05, 0) is 32.0 Å². The molecule has 0 bridgehead atoms. The number of rotatable bonds is 6. The first-order valence-corrected chi connectivity index (χ1v) is 7.63. The molecule has 9 heteroatoms. The normalized spacial score (nSPS) is 11.8. The van der Waals surface area contributed by atoms with Crippen LogP contribution in [0.2, 0.25) is 10.0 Å². The largest absolute Gasteiger partial charge is 0.490 e. The fourth-order valence-electron chi connectivity index (χ4n) is 2.02. The molecule has 0 aliphatic rings. The van der Waals surface area contributed by atoms with E-state index in [-0.39, 0.29) is 39.3 Å². The maximum atomic E-state index is 12.0. The summed E-state index contributed by atoms with van der Waals surface area (Å²) in [7, 11) is 0. The molecule has 24 heavy (non-hydrogen) atoms. The number of hydrogen-bond donors (Lipinski definition) is 2. The Hall–Kier alpha value is -1.47. The molecule has 0 aliphatic heterocycles. The zero-order valence-electron chi connectivity index (χ0n) is 12.7. The van der Waals surface area contributed by atoms with Crippen LogP contribution in [0.25, 0.3) is 11.0 Å². The molecule has 0 aliphatic carbocycles. The van der Waals surface area contributed by atoms with Gasteiger partial charge in [0, 0.05) is 5.39 Å². The van der Waals surface area contributed by atoms with Crippen LogP contribution in [0.4, 0.5) is 0 Å². The van der Waals surface area contributed by atoms with E-state index in [2.05, 4.69) is 0 Å². The third-order valence-corrected chi connectivity index (χ3v) is 3.96. The molecule has 0 saturated heterocycles. The SMILES string of the molecule is CC(C(=O)O)c1cc2cc(Cl)c(OCCCN)c(Cl)c2oc1=O.Cl. The molecular formula is C15H16Cl3NO5. The lowest BCUT2D eigenvalue weighted by Gasteiger charge is -2.12. The minimum atomic E-state index is -1.13. The van der Waals surface area contributed by atoms with Crippen molar-refractivity contribution in [3.8, 4) is 5.75 Å². The maximum Gasteiger partial charge on any atom is 0.340 e. The van der Waals surface area contributed by atoms with Crippen molar-refractivity contribution in [1.29, 1.82) is 0 Å². The Bertz CT molecular complexity index is 806. The standard InChI is InChI=1S/C15H15Cl2NO5.ClH/c1-7(14(19)20)9-5-8-6-10(16)13(22-4-2-3-18)11(17)12(8)23-15(9)21;/h5-7H,2-4,18H2,1H3,(H,19,20);1H. The van der Waals surface area contributed by atoms with E-state index in [0.717, 1.165) is 0 Å². The summed E-state index contributed by atoms with van der Waals surface area (Å²) in [5.74, 6) is -1.93. The number of benzene rings is 1. The molecule has 2 aromatic rings. The van der Waals surface area contributed by atoms with Gasteiger partial charge in [0.05, 0.1) is 23.1 Å². The second-order valence-electron chi connectivity index (χ2n) is 4.96. The molecule has 0 saturated carbocycles. The Morgan fingerprint density at radius 2 is 2.08 bits per heavy atom. The van der Waals surface area contributed by atoms with E-state index in [1.165, 1.54) is 19.1 Å². The van der Waals surface area contributed by atoms with Gasteiger partial charge in [-0.1, -0.05) is 23.2 Å². The molecule has 6 nitrogen and oxygen atoms in total. The van der Waals surface area contributed by atoms with E-state index in [9.17, 15) is 9.59 Å². The Balaban J connectivity index is 0.00000288. The molecule has 0 amide bonds. The van der Waals surface area contributed by atoms with Crippen LogP contribution in [0.1, 0.15) is 24.8 Å². The Labute approximate surface area is 153 Å². The van der Waals surface area contributed by atoms with Crippen molar-refractivity contribution in [1.82, 2.24) is 0 Å². The second-order valence-corrected chi connectivity index (χ2v) is 5.74. The number of halogens is 3. The summed E-state index contributed by atoms with van der Waals surface area (Å²) in [5, 5.41) is 9.77. The van der Waals surface area contributed by atoms with E-state index >= 15 is 0 Å². The first-order valence-electron chi connectivity index (χ1n) is 6.88. The van der Waals surface area contributed by atoms with Crippen molar-refractivity contribution in [3.05, 3.63) is 38.2 Å². The molecule has 1 aromatic carbocycles. The molecule has 1 unspecified atom stereocenters. The summed E-state index contributed by atoms with van der Waals surface area (Å²) in [6.07, 6.45) is 0.615. The van der Waals surface area contributed by atoms with Crippen LogP contribution in [0, 0.1) is 0 Å². The maximum absolute atomic E-state index is 12.0. The van der Waals surface area contributed by atoms with Gasteiger partial charge in [0.15, 0.2) is 11.3 Å². The van der Waals surface area contributed by atoms with Crippen molar-refractivity contribution in [2.75, 3.05) is 13.2 Å². The Morgan fingerprint density at radius 1 is 1.42 bits per heavy atom. The van der Waals surface area contributed by atoms with E-state index in [1.807, 2.05) is 0 Å². The molecule has 1 aromatic heterocycles. The summed E-state index contributed by atoms with van der Waals surface area (Å²) in [6.45, 7) is 2.17. The molecule has 0 radical (unpaired) electrons. The smallest absolute Gasteiger partial charge is 0.340 e. The number of aliphatic carboxylic acids is 1. The van der Waals surface area contributed by atoms with Gasteiger partial charge in [0.1, 0.15) is 5.02 Å². The van der Waals surface area contributed by atoms with Gasteiger partial charge >= 0.3 is 11.6 Å². The van der Waals surface area contributed by atoms with Crippen molar-refractivity contribution >= 4 is 52.5 Å². The summed E-state index contributed by atoms with van der Waals surface area (Å²) in [6, 6.07) is 2.93. The summed E-state index contributed by atoms with van der Waals surface area (Å²) in [4.78, 5) is 23.1. The van der Waals surface area contributed by atoms with Gasteiger partial charge in [-0.25, -0.2) is 4.79 Å². The van der Waals surface area contributed by atoms with Gasteiger partial charge in [-0.2, -0.15) is 0 Å². The zero-order chi connectivity index (χ0) is 17.1. The van der Waals surface area contributed by atoms with Gasteiger partial charge in [0.25, 0.3) is 0 Å². The van der Waals surface area contributed by atoms with E-state index < -0.39 is 17.5 Å². The van der Waals surface area contributed by atoms with Crippen LogP contribution in [0.3, 0.4) is 0 Å². The van der Waals surface area contributed by atoms with Crippen LogP contribution in [0.5, 0.6) is 5.75 Å². The van der Waals surface area contributed by atoms with Crippen LogP contribution >= 0.6 is 35.6 Å². The predicted octanol–water partition coefficient (Wildman–Crippen LogP) is 3.44. The second kappa shape index (κ2) is 8.58. The number of fused-ring (bicyclic) bond motifs is 1. The Kier molecular flexibility index (Phi) is 7.35. The van der Waals surface area contributed by atoms with E-state index in [1.54, 1.807) is 0 Å². The number of carboxylic acids is 1. The van der Waals surface area contributed by atoms with Gasteiger partial charge < -0.3 is 20.0 Å². The highest BCUT2D eigenvalue weighted by atomic mass is 35.5. The zero-order valence-corrected chi connectivity index (χ0v) is 15.0. The van der Waals surface area contributed by atoms with Gasteiger partial charge in [-0.15, -0.1) is 12.4 Å². The van der Waals surface area contributed by atoms with Crippen molar-refractivity contribution in [2.24, 2.45) is 5.73 Å². The highest BCUT2D eigenvalue weighted by molar-refractivity contribution is 6.40. The van der Waals surface area contributed by atoms with Crippen LogP contribution in [-0.2, 0) is 4.79 Å². The molecular weight excluding hydrogens is 381 g/mol. The predicted molar refractivity (Wildman–Crippen MR) is 95.0 cm³/mol. The van der Waals surface area contributed by atoms with Crippen LogP contribution in [-0.4, -0.2) is 24.2 Å². The summed E-state index contributed by atoms with van der Waals surface area (Å²) < 4.78 is 10.7. The molecule has 1 atom stereocenters. The topological polar surface area (TPSA) is 103 Å². The number of carbonyl (C=O) groups is 1. The molecule has 2 rings (SSSR count). The summed E-state index contributed by atoms with van der Waals surface area (Å²) in [5.41, 5.74) is 4.76. The fourth-order valence-corrected chi connectivity index (χ4v) is 2.63. The average molecular weight is 397 g/mol. The van der Waals surface area contributed by atoms with Crippen molar-refractivity contribution in [2.45, 2.75) is 19.3 Å². The van der Waals surface area contributed by atoms with E-state index in [0.29, 0.717) is 25.0 Å². The molecule has 0 spiro atoms. The number of hydrogen-bond acceptors (Lipinski definition) is 5. The van der Waals surface area contributed by atoms with Gasteiger partial charge in [-0.3, -0.25) is 4.79 Å². The Morgan fingerprint density at radius 3 is 2.67 bits per heavy atom. The third kappa shape index (κ3) is 4.13. The molecule has 0 fully saturated rings. The highest BCUT2D eigenvalue weighted by Gasteiger charge is 2.22. The monoisotopic (exact) mass is 395 g/mol. The van der Waals surface area contributed by atoms with E-state index in [4.69, 9.17) is 43.2 Å².